The van der Waals surface area contributed by atoms with Crippen LogP contribution in [-0.4, -0.2) is 15.1 Å². The molecular formula is C15H17Br2ClN2. The Balaban J connectivity index is 2.13. The lowest BCUT2D eigenvalue weighted by Gasteiger charge is -2.15. The Hall–Kier alpha value is -0.320. The van der Waals surface area contributed by atoms with E-state index in [1.165, 1.54) is 11.3 Å². The number of aromatic nitrogens is 2. The van der Waals surface area contributed by atoms with Gasteiger partial charge in [0.15, 0.2) is 0 Å². The molecular weight excluding hydrogens is 403 g/mol. The predicted octanol–water partition coefficient (Wildman–Crippen LogP) is 4.94. The summed E-state index contributed by atoms with van der Waals surface area (Å²) < 4.78 is 3.09. The van der Waals surface area contributed by atoms with Crippen molar-refractivity contribution in [1.29, 1.82) is 0 Å². The lowest BCUT2D eigenvalue weighted by atomic mass is 9.96. The fourth-order valence-electron chi connectivity index (χ4n) is 2.35. The zero-order chi connectivity index (χ0) is 14.7. The van der Waals surface area contributed by atoms with E-state index in [1.807, 2.05) is 36.9 Å². The summed E-state index contributed by atoms with van der Waals surface area (Å²) >= 11 is 13.3. The minimum Gasteiger partial charge on any atom is -0.271 e. The minimum atomic E-state index is 0.513. The van der Waals surface area contributed by atoms with Crippen molar-refractivity contribution >= 4 is 43.5 Å². The SMILES string of the molecule is Cc1nn(C)c(CC(CBr)Cc2cccc(Cl)c2)c1Br. The van der Waals surface area contributed by atoms with Gasteiger partial charge in [-0.15, -0.1) is 0 Å². The molecule has 0 aliphatic rings. The van der Waals surface area contributed by atoms with Crippen LogP contribution in [0.4, 0.5) is 0 Å². The summed E-state index contributed by atoms with van der Waals surface area (Å²) in [6.07, 6.45) is 1.98. The maximum Gasteiger partial charge on any atom is 0.0738 e. The fraction of sp³-hybridized carbons (Fsp3) is 0.400. The van der Waals surface area contributed by atoms with E-state index in [9.17, 15) is 0 Å². The van der Waals surface area contributed by atoms with E-state index in [1.54, 1.807) is 0 Å². The Morgan fingerprint density at radius 2 is 2.10 bits per heavy atom. The Morgan fingerprint density at radius 3 is 2.65 bits per heavy atom. The van der Waals surface area contributed by atoms with Crippen LogP contribution in [0, 0.1) is 12.8 Å². The van der Waals surface area contributed by atoms with E-state index in [2.05, 4.69) is 43.0 Å². The molecule has 0 N–H and O–H groups in total. The molecule has 0 spiro atoms. The molecule has 0 fully saturated rings. The van der Waals surface area contributed by atoms with Crippen LogP contribution in [0.3, 0.4) is 0 Å². The molecule has 0 aliphatic heterocycles. The van der Waals surface area contributed by atoms with E-state index < -0.39 is 0 Å². The van der Waals surface area contributed by atoms with Gasteiger partial charge >= 0.3 is 0 Å². The summed E-state index contributed by atoms with van der Waals surface area (Å²) in [5.41, 5.74) is 3.56. The zero-order valence-corrected chi connectivity index (χ0v) is 15.5. The Bertz CT molecular complexity index is 596. The van der Waals surface area contributed by atoms with Gasteiger partial charge in [0.25, 0.3) is 0 Å². The van der Waals surface area contributed by atoms with Crippen LogP contribution in [0.5, 0.6) is 0 Å². The highest BCUT2D eigenvalue weighted by Gasteiger charge is 2.16. The molecule has 2 nitrogen and oxygen atoms in total. The first-order chi connectivity index (χ1) is 9.51. The van der Waals surface area contributed by atoms with Gasteiger partial charge in [-0.2, -0.15) is 5.10 Å². The molecule has 1 unspecified atom stereocenters. The summed E-state index contributed by atoms with van der Waals surface area (Å²) in [7, 11) is 2.00. The third kappa shape index (κ3) is 3.86. The largest absolute Gasteiger partial charge is 0.271 e. The second-order valence-corrected chi connectivity index (χ2v) is 6.91. The number of aryl methyl sites for hydroxylation is 2. The Labute approximate surface area is 141 Å². The number of hydrogen-bond acceptors (Lipinski definition) is 1. The highest BCUT2D eigenvalue weighted by atomic mass is 79.9. The predicted molar refractivity (Wildman–Crippen MR) is 91.8 cm³/mol. The first kappa shape index (κ1) is 16.1. The van der Waals surface area contributed by atoms with E-state index in [0.717, 1.165) is 33.4 Å². The summed E-state index contributed by atoms with van der Waals surface area (Å²) in [5, 5.41) is 6.21. The molecule has 0 saturated heterocycles. The van der Waals surface area contributed by atoms with E-state index in [0.29, 0.717) is 5.92 Å². The van der Waals surface area contributed by atoms with Crippen LogP contribution in [0.15, 0.2) is 28.7 Å². The van der Waals surface area contributed by atoms with Crippen molar-refractivity contribution in [2.24, 2.45) is 13.0 Å². The van der Waals surface area contributed by atoms with Gasteiger partial charge in [0.1, 0.15) is 0 Å². The summed E-state index contributed by atoms with van der Waals surface area (Å²) in [6, 6.07) is 8.09. The highest BCUT2D eigenvalue weighted by molar-refractivity contribution is 9.10. The van der Waals surface area contributed by atoms with Gasteiger partial charge < -0.3 is 0 Å². The van der Waals surface area contributed by atoms with E-state index in [4.69, 9.17) is 11.6 Å². The zero-order valence-electron chi connectivity index (χ0n) is 11.5. The molecule has 2 rings (SSSR count). The molecule has 0 aliphatic carbocycles. The molecule has 1 aromatic carbocycles. The minimum absolute atomic E-state index is 0.513. The van der Waals surface area contributed by atoms with Gasteiger partial charge in [-0.3, -0.25) is 4.68 Å². The monoisotopic (exact) mass is 418 g/mol. The molecule has 5 heteroatoms. The molecule has 0 amide bonds. The van der Waals surface area contributed by atoms with Crippen LogP contribution < -0.4 is 0 Å². The van der Waals surface area contributed by atoms with Crippen LogP contribution in [0.25, 0.3) is 0 Å². The number of nitrogens with zero attached hydrogens (tertiary/aromatic N) is 2. The van der Waals surface area contributed by atoms with E-state index in [-0.39, 0.29) is 0 Å². The van der Waals surface area contributed by atoms with Gasteiger partial charge in [0, 0.05) is 17.4 Å². The Morgan fingerprint density at radius 1 is 1.35 bits per heavy atom. The summed E-state index contributed by atoms with van der Waals surface area (Å²) in [6.45, 7) is 2.02. The van der Waals surface area contributed by atoms with Crippen molar-refractivity contribution in [3.8, 4) is 0 Å². The second kappa shape index (κ2) is 7.10. The quantitative estimate of drug-likeness (QED) is 0.627. The lowest BCUT2D eigenvalue weighted by Crippen LogP contribution is -2.13. The molecule has 20 heavy (non-hydrogen) atoms. The second-order valence-electron chi connectivity index (χ2n) is 5.03. The van der Waals surface area contributed by atoms with Crippen LogP contribution >= 0.6 is 43.5 Å². The molecule has 0 bridgehead atoms. The van der Waals surface area contributed by atoms with Crippen molar-refractivity contribution in [2.75, 3.05) is 5.33 Å². The van der Waals surface area contributed by atoms with Crippen LogP contribution in [-0.2, 0) is 19.9 Å². The van der Waals surface area contributed by atoms with Gasteiger partial charge in [-0.25, -0.2) is 0 Å². The van der Waals surface area contributed by atoms with Crippen molar-refractivity contribution in [2.45, 2.75) is 19.8 Å². The number of hydrogen-bond donors (Lipinski definition) is 0. The number of halogens is 3. The number of benzene rings is 1. The molecule has 2 aromatic rings. The molecule has 0 radical (unpaired) electrons. The smallest absolute Gasteiger partial charge is 0.0738 e. The van der Waals surface area contributed by atoms with Crippen molar-refractivity contribution < 1.29 is 0 Å². The molecule has 1 aromatic heterocycles. The number of alkyl halides is 1. The third-order valence-corrected chi connectivity index (χ3v) is 5.56. The first-order valence-corrected chi connectivity index (χ1v) is 8.79. The summed E-state index contributed by atoms with van der Waals surface area (Å²) in [5.74, 6) is 0.513. The van der Waals surface area contributed by atoms with E-state index >= 15 is 0 Å². The summed E-state index contributed by atoms with van der Waals surface area (Å²) in [4.78, 5) is 0. The van der Waals surface area contributed by atoms with Crippen LogP contribution in [0.2, 0.25) is 5.02 Å². The first-order valence-electron chi connectivity index (χ1n) is 6.49. The molecule has 108 valence electrons. The fourth-order valence-corrected chi connectivity index (χ4v) is 3.52. The number of rotatable bonds is 5. The standard InChI is InChI=1S/C15H17Br2ClN2/c1-10-15(17)14(20(2)19-10)8-12(9-16)6-11-4-3-5-13(18)7-11/h3-5,7,12H,6,8-9H2,1-2H3. The molecule has 1 heterocycles. The topological polar surface area (TPSA) is 17.8 Å². The molecule has 0 saturated carbocycles. The van der Waals surface area contributed by atoms with Gasteiger partial charge in [-0.1, -0.05) is 39.7 Å². The third-order valence-electron chi connectivity index (χ3n) is 3.38. The van der Waals surface area contributed by atoms with Gasteiger partial charge in [0.05, 0.1) is 15.9 Å². The Kier molecular flexibility index (Phi) is 5.70. The normalized spacial score (nSPS) is 12.7. The van der Waals surface area contributed by atoms with Crippen LogP contribution in [0.1, 0.15) is 17.0 Å². The van der Waals surface area contributed by atoms with Gasteiger partial charge in [-0.05, 0) is 59.3 Å². The van der Waals surface area contributed by atoms with Gasteiger partial charge in [0.2, 0.25) is 0 Å². The average Bonchev–Trinajstić information content (AvgIpc) is 2.64. The maximum absolute atomic E-state index is 6.05. The van der Waals surface area contributed by atoms with Crippen molar-refractivity contribution in [1.82, 2.24) is 9.78 Å². The highest BCUT2D eigenvalue weighted by Crippen LogP contribution is 2.25. The van der Waals surface area contributed by atoms with Crippen molar-refractivity contribution in [3.63, 3.8) is 0 Å². The molecule has 1 atom stereocenters. The van der Waals surface area contributed by atoms with Crippen molar-refractivity contribution in [3.05, 3.63) is 50.7 Å². The average molecular weight is 421 g/mol. The lowest BCUT2D eigenvalue weighted by molar-refractivity contribution is 0.555. The maximum atomic E-state index is 6.05.